The Morgan fingerprint density at radius 3 is 1.27 bits per heavy atom. The van der Waals surface area contributed by atoms with E-state index in [9.17, 15) is 24.0 Å². The molecule has 0 saturated heterocycles. The highest BCUT2D eigenvalue weighted by atomic mass is 79.9. The van der Waals surface area contributed by atoms with Gasteiger partial charge in [-0.05, 0) is 22.3 Å². The molecule has 3 rings (SSSR count). The van der Waals surface area contributed by atoms with E-state index < -0.39 is 11.9 Å². The summed E-state index contributed by atoms with van der Waals surface area (Å²) in [6.45, 7) is 0. The van der Waals surface area contributed by atoms with Crippen molar-refractivity contribution in [1.82, 2.24) is 0 Å². The van der Waals surface area contributed by atoms with Crippen molar-refractivity contribution >= 4 is 46.4 Å². The van der Waals surface area contributed by atoms with E-state index in [0.29, 0.717) is 16.7 Å². The van der Waals surface area contributed by atoms with E-state index in [0.717, 1.165) is 34.6 Å². The van der Waals surface area contributed by atoms with Crippen LogP contribution in [0.3, 0.4) is 0 Å². The zero-order chi connectivity index (χ0) is 27.6. The normalized spacial score (nSPS) is 9.46. The summed E-state index contributed by atoms with van der Waals surface area (Å²) in [6, 6.07) is 20.8. The molecule has 0 aliphatic rings. The maximum atomic E-state index is 10.8. The minimum atomic E-state index is -0.867. The second kappa shape index (κ2) is 17.3. The zero-order valence-electron chi connectivity index (χ0n) is 20.1. The van der Waals surface area contributed by atoms with Gasteiger partial charge in [-0.25, -0.2) is 0 Å². The number of alkyl halides is 1. The number of methoxy groups -OCH3 is 1. The van der Waals surface area contributed by atoms with Gasteiger partial charge in [-0.1, -0.05) is 88.7 Å². The Morgan fingerprint density at radius 1 is 0.649 bits per heavy atom. The van der Waals surface area contributed by atoms with E-state index in [1.54, 1.807) is 48.5 Å². The molecule has 194 valence electrons. The minimum absolute atomic E-state index is 0.000856. The summed E-state index contributed by atoms with van der Waals surface area (Å²) in [7, 11) is 1.35. The lowest BCUT2D eigenvalue weighted by molar-refractivity contribution is -0.140. The highest BCUT2D eigenvalue weighted by molar-refractivity contribution is 9.08. The number of carboxylic acid groups (broad SMARTS) is 2. The van der Waals surface area contributed by atoms with Crippen LogP contribution < -0.4 is 0 Å². The van der Waals surface area contributed by atoms with Crippen molar-refractivity contribution in [2.75, 3.05) is 7.11 Å². The fourth-order valence-corrected chi connectivity index (χ4v) is 3.14. The first-order valence-corrected chi connectivity index (χ1v) is 12.0. The molecule has 0 aliphatic carbocycles. The summed E-state index contributed by atoms with van der Waals surface area (Å²) < 4.78 is 4.50. The lowest BCUT2D eigenvalue weighted by Crippen LogP contribution is -2.04. The Hall–Kier alpha value is -4.11. The number of hydrogen-bond donors (Lipinski definition) is 2. The number of aldehydes is 2. The molecule has 0 amide bonds. The second-order valence-electron chi connectivity index (χ2n) is 7.56. The molecule has 0 saturated carbocycles. The largest absolute Gasteiger partial charge is 0.481 e. The first-order valence-electron chi connectivity index (χ1n) is 10.9. The van der Waals surface area contributed by atoms with E-state index >= 15 is 0 Å². The molecular formula is C28H27BrO8. The number of benzene rings is 3. The molecule has 3 aromatic rings. The van der Waals surface area contributed by atoms with Crippen molar-refractivity contribution in [3.8, 4) is 0 Å². The van der Waals surface area contributed by atoms with Crippen molar-refractivity contribution in [3.63, 3.8) is 0 Å². The van der Waals surface area contributed by atoms with Gasteiger partial charge in [0.1, 0.15) is 12.6 Å². The first-order chi connectivity index (χ1) is 17.7. The summed E-state index contributed by atoms with van der Waals surface area (Å²) in [5.41, 5.74) is 4.71. The third kappa shape index (κ3) is 13.5. The van der Waals surface area contributed by atoms with Crippen LogP contribution in [0.25, 0.3) is 0 Å². The minimum Gasteiger partial charge on any atom is -0.481 e. The van der Waals surface area contributed by atoms with Crippen molar-refractivity contribution in [3.05, 3.63) is 106 Å². The molecule has 8 nitrogen and oxygen atoms in total. The van der Waals surface area contributed by atoms with Crippen molar-refractivity contribution in [1.29, 1.82) is 0 Å². The van der Waals surface area contributed by atoms with E-state index in [2.05, 4.69) is 20.7 Å². The summed E-state index contributed by atoms with van der Waals surface area (Å²) >= 11 is 3.32. The van der Waals surface area contributed by atoms with Gasteiger partial charge in [0.05, 0.1) is 26.4 Å². The van der Waals surface area contributed by atoms with Crippen LogP contribution in [0.15, 0.2) is 72.8 Å². The molecule has 9 heteroatoms. The number of esters is 1. The van der Waals surface area contributed by atoms with Gasteiger partial charge in [-0.15, -0.1) is 0 Å². The third-order valence-corrected chi connectivity index (χ3v) is 5.34. The summed E-state index contributed by atoms with van der Waals surface area (Å²) in [6.07, 6.45) is 1.84. The molecule has 0 unspecified atom stereocenters. The molecule has 0 fully saturated rings. The van der Waals surface area contributed by atoms with Gasteiger partial charge < -0.3 is 14.9 Å². The van der Waals surface area contributed by atoms with Crippen LogP contribution >= 0.6 is 15.9 Å². The number of halogens is 1. The third-order valence-electron chi connectivity index (χ3n) is 4.70. The molecule has 0 bridgehead atoms. The average molecular weight is 571 g/mol. The van der Waals surface area contributed by atoms with Crippen LogP contribution in [0.5, 0.6) is 0 Å². The van der Waals surface area contributed by atoms with E-state index in [4.69, 9.17) is 10.2 Å². The van der Waals surface area contributed by atoms with Crippen LogP contribution in [-0.2, 0) is 43.7 Å². The van der Waals surface area contributed by atoms with Crippen LogP contribution in [-0.4, -0.2) is 47.8 Å². The van der Waals surface area contributed by atoms with Crippen molar-refractivity contribution in [2.24, 2.45) is 0 Å². The monoisotopic (exact) mass is 570 g/mol. The van der Waals surface area contributed by atoms with Crippen LogP contribution in [0, 0.1) is 0 Å². The lowest BCUT2D eigenvalue weighted by Gasteiger charge is -1.99. The first kappa shape index (κ1) is 30.9. The SMILES string of the molecule is COC(=O)Cc1ccc(C=O)cc1.O=C(O)Cc1ccc(CBr)cc1.O=Cc1ccc(CC(=O)O)cc1. The second-order valence-corrected chi connectivity index (χ2v) is 8.12. The molecule has 0 spiro atoms. The topological polar surface area (TPSA) is 135 Å². The molecule has 0 heterocycles. The fourth-order valence-electron chi connectivity index (χ4n) is 2.76. The Bertz CT molecular complexity index is 1150. The number of aliphatic carboxylic acids is 2. The van der Waals surface area contributed by atoms with Gasteiger partial charge in [0.2, 0.25) is 0 Å². The fraction of sp³-hybridized carbons (Fsp3) is 0.179. The maximum absolute atomic E-state index is 10.8. The van der Waals surface area contributed by atoms with Gasteiger partial charge in [-0.3, -0.25) is 24.0 Å². The molecule has 0 aromatic heterocycles. The zero-order valence-corrected chi connectivity index (χ0v) is 21.7. The standard InChI is InChI=1S/C10H10O3.C9H9BrO2.C9H8O3/c1-13-10(12)6-8-2-4-9(7-11)5-3-8;2*10-6-8-3-1-7(2-4-8)5-9(11)12/h2-5,7H,6H2,1H3;1-4H,5-6H2,(H,11,12);1-4,6H,5H2,(H,11,12). The quantitative estimate of drug-likeness (QED) is 0.217. The van der Waals surface area contributed by atoms with Crippen LogP contribution in [0.2, 0.25) is 0 Å². The molecule has 2 N–H and O–H groups in total. The number of hydrogen-bond acceptors (Lipinski definition) is 6. The predicted molar refractivity (Wildman–Crippen MR) is 141 cm³/mol. The number of ether oxygens (including phenoxy) is 1. The van der Waals surface area contributed by atoms with Gasteiger partial charge >= 0.3 is 17.9 Å². The Labute approximate surface area is 223 Å². The van der Waals surface area contributed by atoms with E-state index in [1.165, 1.54) is 7.11 Å². The van der Waals surface area contributed by atoms with Gasteiger partial charge in [-0.2, -0.15) is 0 Å². The van der Waals surface area contributed by atoms with Gasteiger partial charge in [0, 0.05) is 16.5 Å². The molecular weight excluding hydrogens is 544 g/mol. The Morgan fingerprint density at radius 2 is 0.973 bits per heavy atom. The molecule has 37 heavy (non-hydrogen) atoms. The predicted octanol–water partition coefficient (Wildman–Crippen LogP) is 4.55. The van der Waals surface area contributed by atoms with Gasteiger partial charge in [0.25, 0.3) is 0 Å². The van der Waals surface area contributed by atoms with E-state index in [1.807, 2.05) is 24.3 Å². The highest BCUT2D eigenvalue weighted by Gasteiger charge is 2.02. The highest BCUT2D eigenvalue weighted by Crippen LogP contribution is 2.08. The maximum Gasteiger partial charge on any atom is 0.309 e. The number of rotatable bonds is 9. The van der Waals surface area contributed by atoms with Crippen molar-refractivity contribution < 1.29 is 38.9 Å². The molecule has 3 aromatic carbocycles. The molecule has 0 aliphatic heterocycles. The van der Waals surface area contributed by atoms with E-state index in [-0.39, 0.29) is 25.2 Å². The smallest absolute Gasteiger partial charge is 0.309 e. The summed E-state index contributed by atoms with van der Waals surface area (Å²) in [5, 5.41) is 17.7. The average Bonchev–Trinajstić information content (AvgIpc) is 2.90. The Kier molecular flexibility index (Phi) is 14.5. The lowest BCUT2D eigenvalue weighted by atomic mass is 10.1. The summed E-state index contributed by atoms with van der Waals surface area (Å²) in [5.74, 6) is -1.94. The summed E-state index contributed by atoms with van der Waals surface area (Å²) in [4.78, 5) is 51.9. The number of carbonyl (C=O) groups is 5. The number of carboxylic acids is 2. The van der Waals surface area contributed by atoms with Crippen LogP contribution in [0.4, 0.5) is 0 Å². The van der Waals surface area contributed by atoms with Gasteiger partial charge in [0.15, 0.2) is 0 Å². The Balaban J connectivity index is 0.000000278. The number of carbonyl (C=O) groups excluding carboxylic acids is 3. The molecule has 0 atom stereocenters. The van der Waals surface area contributed by atoms with Crippen molar-refractivity contribution in [2.45, 2.75) is 24.6 Å². The molecule has 0 radical (unpaired) electrons. The van der Waals surface area contributed by atoms with Crippen LogP contribution in [0.1, 0.15) is 43.0 Å².